The normalized spacial score (nSPS) is 11.6. The van der Waals surface area contributed by atoms with Crippen molar-refractivity contribution in [2.45, 2.75) is 17.1 Å². The van der Waals surface area contributed by atoms with E-state index in [0.717, 1.165) is 22.5 Å². The van der Waals surface area contributed by atoms with E-state index in [-0.39, 0.29) is 22.3 Å². The molecular formula is C19H15ClF3N7O2S. The van der Waals surface area contributed by atoms with Gasteiger partial charge in [0, 0.05) is 11.1 Å². The zero-order valence-corrected chi connectivity index (χ0v) is 18.7. The van der Waals surface area contributed by atoms with Crippen LogP contribution in [0.4, 0.5) is 13.2 Å². The summed E-state index contributed by atoms with van der Waals surface area (Å²) in [4.78, 5) is 4.42. The van der Waals surface area contributed by atoms with Crippen molar-refractivity contribution in [3.8, 4) is 28.6 Å². The second kappa shape index (κ2) is 9.27. The van der Waals surface area contributed by atoms with Gasteiger partial charge in [0.05, 0.1) is 36.8 Å². The molecule has 2 heterocycles. The van der Waals surface area contributed by atoms with Gasteiger partial charge in [0.15, 0.2) is 11.6 Å². The topological polar surface area (TPSA) is 104 Å². The van der Waals surface area contributed by atoms with Gasteiger partial charge in [-0.1, -0.05) is 23.4 Å². The van der Waals surface area contributed by atoms with Crippen LogP contribution in [0.5, 0.6) is 11.5 Å². The average molecular weight is 498 g/mol. The number of aromatic nitrogens is 7. The lowest BCUT2D eigenvalue weighted by molar-refractivity contribution is -0.137. The minimum absolute atomic E-state index is 0.0442. The van der Waals surface area contributed by atoms with Gasteiger partial charge < -0.3 is 9.47 Å². The van der Waals surface area contributed by atoms with Crippen LogP contribution < -0.4 is 9.47 Å². The largest absolute Gasteiger partial charge is 0.497 e. The standard InChI is InChI=1S/C19H15ClF3N7O2S/c1-31-11-4-5-12(15(8-11)32-2)17-24-18(27-26-17)33-9-16-25-28-29-30(16)14-6-3-10(20)7-13(14)19(21,22)23/h3-8H,9H2,1-2H3,(H,24,26,27). The van der Waals surface area contributed by atoms with Crippen LogP contribution >= 0.6 is 23.4 Å². The summed E-state index contributed by atoms with van der Waals surface area (Å²) in [5, 5.41) is 18.4. The molecule has 0 aliphatic rings. The summed E-state index contributed by atoms with van der Waals surface area (Å²) >= 11 is 6.91. The number of nitrogens with zero attached hydrogens (tertiary/aromatic N) is 6. The molecule has 2 aromatic carbocycles. The molecule has 172 valence electrons. The molecule has 2 aromatic heterocycles. The maximum atomic E-state index is 13.5. The molecule has 0 bridgehead atoms. The second-order valence-corrected chi connectivity index (χ2v) is 7.87. The minimum Gasteiger partial charge on any atom is -0.497 e. The summed E-state index contributed by atoms with van der Waals surface area (Å²) in [6.45, 7) is 0. The number of nitrogens with one attached hydrogen (secondary N) is 1. The second-order valence-electron chi connectivity index (χ2n) is 6.49. The Kier molecular flexibility index (Phi) is 6.42. The SMILES string of the molecule is COc1ccc(-c2nc(SCc3nnnn3-c3ccc(Cl)cc3C(F)(F)F)n[nH]2)c(OC)c1. The predicted molar refractivity (Wildman–Crippen MR) is 114 cm³/mol. The third kappa shape index (κ3) is 4.88. The van der Waals surface area contributed by atoms with Crippen LogP contribution in [-0.2, 0) is 11.9 Å². The van der Waals surface area contributed by atoms with Crippen molar-refractivity contribution < 1.29 is 22.6 Å². The fourth-order valence-corrected chi connectivity index (χ4v) is 3.83. The van der Waals surface area contributed by atoms with E-state index in [9.17, 15) is 13.2 Å². The zero-order chi connectivity index (χ0) is 23.6. The van der Waals surface area contributed by atoms with E-state index in [0.29, 0.717) is 28.0 Å². The molecule has 0 amide bonds. The monoisotopic (exact) mass is 497 g/mol. The third-order valence-corrected chi connectivity index (χ3v) is 5.56. The summed E-state index contributed by atoms with van der Waals surface area (Å²) in [7, 11) is 3.07. The van der Waals surface area contributed by atoms with Gasteiger partial charge in [0.25, 0.3) is 0 Å². The lowest BCUT2D eigenvalue weighted by Crippen LogP contribution is -2.13. The van der Waals surface area contributed by atoms with Crippen molar-refractivity contribution >= 4 is 23.4 Å². The highest BCUT2D eigenvalue weighted by atomic mass is 35.5. The van der Waals surface area contributed by atoms with Crippen LogP contribution in [0.1, 0.15) is 11.4 Å². The Morgan fingerprint density at radius 2 is 1.94 bits per heavy atom. The summed E-state index contributed by atoms with van der Waals surface area (Å²) in [5.41, 5.74) is -0.509. The number of thioether (sulfide) groups is 1. The molecule has 0 saturated carbocycles. The quantitative estimate of drug-likeness (QED) is 0.374. The number of aromatic amines is 1. The van der Waals surface area contributed by atoms with Crippen molar-refractivity contribution in [2.75, 3.05) is 14.2 Å². The summed E-state index contributed by atoms with van der Waals surface area (Å²) < 4.78 is 52.0. The molecule has 4 aromatic rings. The number of benzene rings is 2. The maximum Gasteiger partial charge on any atom is 0.418 e. The van der Waals surface area contributed by atoms with Crippen LogP contribution in [-0.4, -0.2) is 49.6 Å². The van der Waals surface area contributed by atoms with Crippen LogP contribution in [0.15, 0.2) is 41.6 Å². The van der Waals surface area contributed by atoms with Crippen molar-refractivity contribution in [1.29, 1.82) is 0 Å². The molecule has 1 N–H and O–H groups in total. The van der Waals surface area contributed by atoms with Gasteiger partial charge in [0.1, 0.15) is 11.5 Å². The van der Waals surface area contributed by atoms with Gasteiger partial charge in [0.2, 0.25) is 5.16 Å². The molecule has 0 unspecified atom stereocenters. The van der Waals surface area contributed by atoms with E-state index < -0.39 is 11.7 Å². The number of methoxy groups -OCH3 is 2. The Balaban J connectivity index is 1.56. The van der Waals surface area contributed by atoms with E-state index >= 15 is 0 Å². The first-order chi connectivity index (χ1) is 15.8. The Morgan fingerprint density at radius 1 is 1.12 bits per heavy atom. The van der Waals surface area contributed by atoms with E-state index in [1.54, 1.807) is 25.3 Å². The first-order valence-electron chi connectivity index (χ1n) is 9.22. The van der Waals surface area contributed by atoms with Crippen molar-refractivity contribution in [1.82, 2.24) is 35.4 Å². The number of H-pyrrole nitrogens is 1. The molecular weight excluding hydrogens is 483 g/mol. The van der Waals surface area contributed by atoms with Gasteiger partial charge in [-0.2, -0.15) is 17.9 Å². The predicted octanol–water partition coefficient (Wildman–Crippen LogP) is 4.43. The van der Waals surface area contributed by atoms with Gasteiger partial charge in [-0.25, -0.2) is 4.98 Å². The van der Waals surface area contributed by atoms with E-state index in [2.05, 4.69) is 30.7 Å². The molecule has 0 aliphatic heterocycles. The molecule has 0 fully saturated rings. The number of ether oxygens (including phenoxy) is 2. The lowest BCUT2D eigenvalue weighted by atomic mass is 10.1. The highest BCUT2D eigenvalue weighted by molar-refractivity contribution is 7.98. The van der Waals surface area contributed by atoms with Crippen LogP contribution in [0.3, 0.4) is 0 Å². The van der Waals surface area contributed by atoms with Gasteiger partial charge in [-0.15, -0.1) is 10.2 Å². The number of tetrazole rings is 1. The van der Waals surface area contributed by atoms with Crippen LogP contribution in [0.25, 0.3) is 17.1 Å². The van der Waals surface area contributed by atoms with Gasteiger partial charge in [-0.05, 0) is 40.8 Å². The highest BCUT2D eigenvalue weighted by Crippen LogP contribution is 2.36. The highest BCUT2D eigenvalue weighted by Gasteiger charge is 2.35. The molecule has 33 heavy (non-hydrogen) atoms. The van der Waals surface area contributed by atoms with E-state index in [4.69, 9.17) is 21.1 Å². The van der Waals surface area contributed by atoms with Crippen molar-refractivity contribution in [2.24, 2.45) is 0 Å². The van der Waals surface area contributed by atoms with Crippen molar-refractivity contribution in [3.05, 3.63) is 52.8 Å². The van der Waals surface area contributed by atoms with Crippen molar-refractivity contribution in [3.63, 3.8) is 0 Å². The molecule has 9 nitrogen and oxygen atoms in total. The number of hydrogen-bond donors (Lipinski definition) is 1. The molecule has 0 aliphatic carbocycles. The van der Waals surface area contributed by atoms with E-state index in [1.165, 1.54) is 19.2 Å². The maximum absolute atomic E-state index is 13.5. The summed E-state index contributed by atoms with van der Waals surface area (Å²) in [6.07, 6.45) is -4.63. The fraction of sp³-hybridized carbons (Fsp3) is 0.211. The number of halogens is 4. The lowest BCUT2D eigenvalue weighted by Gasteiger charge is -2.13. The Morgan fingerprint density at radius 3 is 2.67 bits per heavy atom. The molecule has 0 saturated heterocycles. The van der Waals surface area contributed by atoms with Crippen LogP contribution in [0.2, 0.25) is 5.02 Å². The smallest absolute Gasteiger partial charge is 0.418 e. The minimum atomic E-state index is -4.63. The number of alkyl halides is 3. The summed E-state index contributed by atoms with van der Waals surface area (Å²) in [6, 6.07) is 8.63. The molecule has 0 atom stereocenters. The fourth-order valence-electron chi connectivity index (χ4n) is 2.96. The molecule has 4 rings (SSSR count). The molecule has 0 spiro atoms. The number of rotatable bonds is 7. The first kappa shape index (κ1) is 22.9. The van der Waals surface area contributed by atoms with Crippen LogP contribution in [0, 0.1) is 0 Å². The first-order valence-corrected chi connectivity index (χ1v) is 10.6. The summed E-state index contributed by atoms with van der Waals surface area (Å²) in [5.74, 6) is 1.91. The Bertz CT molecular complexity index is 1280. The average Bonchev–Trinajstić information content (AvgIpc) is 3.46. The Labute approximate surface area is 194 Å². The van der Waals surface area contributed by atoms with Gasteiger partial charge in [-0.3, -0.25) is 5.10 Å². The molecule has 14 heteroatoms. The molecule has 0 radical (unpaired) electrons. The Hall–Kier alpha value is -3.32. The van der Waals surface area contributed by atoms with Gasteiger partial charge >= 0.3 is 6.18 Å². The third-order valence-electron chi connectivity index (χ3n) is 4.49. The van der Waals surface area contributed by atoms with E-state index in [1.807, 2.05) is 0 Å². The zero-order valence-electron chi connectivity index (χ0n) is 17.1. The number of hydrogen-bond acceptors (Lipinski definition) is 8.